The summed E-state index contributed by atoms with van der Waals surface area (Å²) in [6, 6.07) is 12.0. The van der Waals surface area contributed by atoms with Crippen LogP contribution in [0.1, 0.15) is 22.0 Å². The van der Waals surface area contributed by atoms with Crippen LogP contribution >= 0.6 is 22.9 Å². The smallest absolute Gasteiger partial charge is 0.300 e. The van der Waals surface area contributed by atoms with E-state index in [9.17, 15) is 19.8 Å². The molecule has 1 saturated heterocycles. The lowest BCUT2D eigenvalue weighted by Crippen LogP contribution is -2.29. The van der Waals surface area contributed by atoms with E-state index in [1.54, 1.807) is 29.6 Å². The van der Waals surface area contributed by atoms with Crippen molar-refractivity contribution in [3.05, 3.63) is 80.5 Å². The third kappa shape index (κ3) is 3.56. The number of aromatic hydroxyl groups is 1. The van der Waals surface area contributed by atoms with Gasteiger partial charge in [0.15, 0.2) is 0 Å². The number of halogens is 1. The first-order chi connectivity index (χ1) is 14.8. The molecule has 8 heteroatoms. The van der Waals surface area contributed by atoms with Gasteiger partial charge in [-0.05, 0) is 48.7 Å². The van der Waals surface area contributed by atoms with E-state index >= 15 is 0 Å². The number of carbonyl (C=O) groups is 2. The van der Waals surface area contributed by atoms with Gasteiger partial charge < -0.3 is 14.9 Å². The highest BCUT2D eigenvalue weighted by Gasteiger charge is 2.48. The summed E-state index contributed by atoms with van der Waals surface area (Å²) >= 11 is 7.42. The number of hydrogen-bond donors (Lipinski definition) is 2. The highest BCUT2D eigenvalue weighted by atomic mass is 35.5. The minimum absolute atomic E-state index is 0.0863. The number of nitrogens with zero attached hydrogens (tertiary/aromatic N) is 1. The number of benzene rings is 2. The Morgan fingerprint density at radius 3 is 2.61 bits per heavy atom. The number of aliphatic hydroxyl groups is 1. The van der Waals surface area contributed by atoms with Crippen molar-refractivity contribution in [2.75, 3.05) is 12.0 Å². The fourth-order valence-electron chi connectivity index (χ4n) is 3.64. The minimum atomic E-state index is -0.936. The Labute approximate surface area is 187 Å². The van der Waals surface area contributed by atoms with E-state index in [1.807, 2.05) is 13.0 Å². The molecule has 3 aromatic rings. The van der Waals surface area contributed by atoms with Gasteiger partial charge in [0.2, 0.25) is 0 Å². The summed E-state index contributed by atoms with van der Waals surface area (Å²) in [6.07, 6.45) is 0. The summed E-state index contributed by atoms with van der Waals surface area (Å²) in [5, 5.41) is 23.7. The number of phenolic OH excluding ortho intramolecular Hbond substituents is 1. The van der Waals surface area contributed by atoms with Gasteiger partial charge in [-0.2, -0.15) is 0 Å². The number of amides is 1. The van der Waals surface area contributed by atoms with Crippen LogP contribution in [0.2, 0.25) is 5.02 Å². The normalized spacial score (nSPS) is 17.9. The molecule has 2 aromatic carbocycles. The molecule has 2 N–H and O–H groups in total. The van der Waals surface area contributed by atoms with Crippen molar-refractivity contribution >= 4 is 46.1 Å². The Morgan fingerprint density at radius 2 is 1.94 bits per heavy atom. The zero-order valence-electron chi connectivity index (χ0n) is 16.6. The Kier molecular flexibility index (Phi) is 5.47. The van der Waals surface area contributed by atoms with Crippen LogP contribution in [0.3, 0.4) is 0 Å². The largest absolute Gasteiger partial charge is 0.507 e. The minimum Gasteiger partial charge on any atom is -0.507 e. The summed E-state index contributed by atoms with van der Waals surface area (Å²) in [5.41, 5.74) is 1.15. The lowest BCUT2D eigenvalue weighted by atomic mass is 9.98. The van der Waals surface area contributed by atoms with Gasteiger partial charge in [-0.25, -0.2) is 0 Å². The van der Waals surface area contributed by atoms with Gasteiger partial charge in [0.25, 0.3) is 11.7 Å². The first-order valence-electron chi connectivity index (χ1n) is 9.31. The first-order valence-corrected chi connectivity index (χ1v) is 10.6. The average molecular weight is 456 g/mol. The molecule has 1 atom stereocenters. The van der Waals surface area contributed by atoms with E-state index in [0.717, 1.165) is 5.56 Å². The van der Waals surface area contributed by atoms with Crippen LogP contribution in [0.25, 0.3) is 5.76 Å². The van der Waals surface area contributed by atoms with Crippen molar-refractivity contribution in [3.8, 4) is 11.5 Å². The molecule has 0 spiro atoms. The van der Waals surface area contributed by atoms with Gasteiger partial charge in [0, 0.05) is 9.90 Å². The van der Waals surface area contributed by atoms with Gasteiger partial charge in [-0.1, -0.05) is 29.3 Å². The summed E-state index contributed by atoms with van der Waals surface area (Å²) in [5.74, 6) is -1.92. The molecule has 0 bridgehead atoms. The number of rotatable bonds is 4. The molecule has 1 amide bonds. The molecular weight excluding hydrogens is 438 g/mol. The van der Waals surface area contributed by atoms with Gasteiger partial charge >= 0.3 is 0 Å². The van der Waals surface area contributed by atoms with Gasteiger partial charge in [0.05, 0.1) is 23.9 Å². The molecule has 0 radical (unpaired) electrons. The van der Waals surface area contributed by atoms with Gasteiger partial charge in [0.1, 0.15) is 23.3 Å². The zero-order valence-corrected chi connectivity index (χ0v) is 18.2. The summed E-state index contributed by atoms with van der Waals surface area (Å²) in [7, 11) is 1.46. The molecule has 0 saturated carbocycles. The maximum absolute atomic E-state index is 13.1. The molecule has 1 aromatic heterocycles. The van der Waals surface area contributed by atoms with Crippen molar-refractivity contribution in [1.82, 2.24) is 0 Å². The van der Waals surface area contributed by atoms with Gasteiger partial charge in [-0.3, -0.25) is 14.5 Å². The van der Waals surface area contributed by atoms with Crippen LogP contribution < -0.4 is 9.64 Å². The second-order valence-electron chi connectivity index (χ2n) is 7.02. The number of carbonyl (C=O) groups excluding carboxylic acids is 2. The van der Waals surface area contributed by atoms with Crippen LogP contribution in [-0.4, -0.2) is 29.0 Å². The van der Waals surface area contributed by atoms with E-state index < -0.39 is 17.7 Å². The lowest BCUT2D eigenvalue weighted by molar-refractivity contribution is -0.132. The summed E-state index contributed by atoms with van der Waals surface area (Å²) in [6.45, 7) is 1.84. The number of methoxy groups -OCH3 is 1. The lowest BCUT2D eigenvalue weighted by Gasteiger charge is -2.25. The van der Waals surface area contributed by atoms with E-state index in [2.05, 4.69) is 0 Å². The van der Waals surface area contributed by atoms with Crippen molar-refractivity contribution < 1.29 is 24.5 Å². The Balaban J connectivity index is 1.99. The van der Waals surface area contributed by atoms with Crippen molar-refractivity contribution in [3.63, 3.8) is 0 Å². The molecule has 6 nitrogen and oxygen atoms in total. The maximum atomic E-state index is 13.1. The number of ether oxygens (including phenoxy) is 1. The van der Waals surface area contributed by atoms with E-state index in [0.29, 0.717) is 21.2 Å². The highest BCUT2D eigenvalue weighted by molar-refractivity contribution is 7.10. The van der Waals surface area contributed by atoms with Crippen molar-refractivity contribution in [2.45, 2.75) is 13.0 Å². The monoisotopic (exact) mass is 455 g/mol. The average Bonchev–Trinajstić information content (AvgIpc) is 3.36. The zero-order chi connectivity index (χ0) is 22.3. The van der Waals surface area contributed by atoms with E-state index in [1.165, 1.54) is 41.5 Å². The van der Waals surface area contributed by atoms with E-state index in [-0.39, 0.29) is 22.8 Å². The van der Waals surface area contributed by atoms with Crippen LogP contribution in [0, 0.1) is 6.92 Å². The standard InChI is InChI=1S/C23H18ClNO5S/c1-12-5-8-17(30-2)14(10-12)21(27)19-20(18-4-3-9-31-18)25(23(29)22(19)28)15-11-13(24)6-7-16(15)26/h3-11,20,26-27H,1-2H3/b21-19-. The third-order valence-electron chi connectivity index (χ3n) is 5.06. The van der Waals surface area contributed by atoms with Crippen LogP contribution in [-0.2, 0) is 9.59 Å². The number of aliphatic hydroxyl groups excluding tert-OH is 1. The molecule has 158 valence electrons. The second kappa shape index (κ2) is 8.09. The number of phenols is 1. The van der Waals surface area contributed by atoms with Crippen LogP contribution in [0.5, 0.6) is 11.5 Å². The number of aryl methyl sites for hydroxylation is 1. The molecule has 0 aliphatic carbocycles. The SMILES string of the molecule is COc1ccc(C)cc1/C(O)=C1/C(=O)C(=O)N(c2cc(Cl)ccc2O)C1c1cccs1. The van der Waals surface area contributed by atoms with Crippen molar-refractivity contribution in [2.24, 2.45) is 0 Å². The fourth-order valence-corrected chi connectivity index (χ4v) is 4.63. The number of hydrogen-bond acceptors (Lipinski definition) is 6. The highest BCUT2D eigenvalue weighted by Crippen LogP contribution is 2.47. The van der Waals surface area contributed by atoms with Crippen LogP contribution in [0.15, 0.2) is 59.5 Å². The molecule has 2 heterocycles. The van der Waals surface area contributed by atoms with Gasteiger partial charge in [-0.15, -0.1) is 11.3 Å². The molecule has 1 aliphatic heterocycles. The predicted molar refractivity (Wildman–Crippen MR) is 120 cm³/mol. The molecule has 1 aliphatic rings. The van der Waals surface area contributed by atoms with Crippen LogP contribution in [0.4, 0.5) is 5.69 Å². The van der Waals surface area contributed by atoms with Crippen molar-refractivity contribution in [1.29, 1.82) is 0 Å². The second-order valence-corrected chi connectivity index (χ2v) is 8.44. The Morgan fingerprint density at radius 1 is 1.16 bits per heavy atom. The molecular formula is C23H18ClNO5S. The quantitative estimate of drug-likeness (QED) is 0.326. The maximum Gasteiger partial charge on any atom is 0.300 e. The number of thiophene rings is 1. The molecule has 31 heavy (non-hydrogen) atoms. The molecule has 1 fully saturated rings. The number of ketones is 1. The fraction of sp³-hybridized carbons (Fsp3) is 0.130. The first kappa shape index (κ1) is 21.0. The van der Waals surface area contributed by atoms with E-state index in [4.69, 9.17) is 16.3 Å². The topological polar surface area (TPSA) is 87.1 Å². The Hall–Kier alpha value is -3.29. The Bertz CT molecular complexity index is 1220. The number of anilines is 1. The predicted octanol–water partition coefficient (Wildman–Crippen LogP) is 5.05. The number of Topliss-reactive ketones (excluding diaryl/α,β-unsaturated/α-hetero) is 1. The summed E-state index contributed by atoms with van der Waals surface area (Å²) in [4.78, 5) is 28.0. The third-order valence-corrected chi connectivity index (χ3v) is 6.22. The molecule has 4 rings (SSSR count). The molecule has 1 unspecified atom stereocenters. The summed E-state index contributed by atoms with van der Waals surface area (Å²) < 4.78 is 5.36.